The van der Waals surface area contributed by atoms with Crippen molar-refractivity contribution in [1.82, 2.24) is 0 Å². The maximum atomic E-state index is 11.3. The summed E-state index contributed by atoms with van der Waals surface area (Å²) in [5.41, 5.74) is 1.44. The van der Waals surface area contributed by atoms with Gasteiger partial charge in [-0.25, -0.2) is 8.42 Å². The van der Waals surface area contributed by atoms with Crippen LogP contribution in [-0.4, -0.2) is 21.2 Å². The molecular formula is C14H20N2O2S. The van der Waals surface area contributed by atoms with E-state index in [1.807, 2.05) is 18.2 Å². The number of rotatable bonds is 5. The van der Waals surface area contributed by atoms with Crippen molar-refractivity contribution >= 4 is 21.4 Å². The highest BCUT2D eigenvalue weighted by molar-refractivity contribution is 7.92. The van der Waals surface area contributed by atoms with Crippen LogP contribution in [0.4, 0.5) is 11.4 Å². The molecule has 4 nitrogen and oxygen atoms in total. The van der Waals surface area contributed by atoms with Crippen molar-refractivity contribution in [3.05, 3.63) is 36.4 Å². The van der Waals surface area contributed by atoms with Gasteiger partial charge in [-0.05, 0) is 37.3 Å². The van der Waals surface area contributed by atoms with Gasteiger partial charge in [-0.15, -0.1) is 0 Å². The van der Waals surface area contributed by atoms with Crippen molar-refractivity contribution in [3.8, 4) is 0 Å². The zero-order valence-corrected chi connectivity index (χ0v) is 11.9. The minimum Gasteiger partial charge on any atom is -0.383 e. The van der Waals surface area contributed by atoms with Crippen molar-refractivity contribution in [2.75, 3.05) is 22.8 Å². The van der Waals surface area contributed by atoms with Crippen molar-refractivity contribution in [2.45, 2.75) is 19.3 Å². The third kappa shape index (κ3) is 4.59. The van der Waals surface area contributed by atoms with Crippen LogP contribution in [0.2, 0.25) is 0 Å². The molecule has 1 aromatic carbocycles. The first-order chi connectivity index (χ1) is 9.04. The van der Waals surface area contributed by atoms with Gasteiger partial charge in [0.2, 0.25) is 10.0 Å². The number of anilines is 2. The first-order valence-corrected chi connectivity index (χ1v) is 8.39. The normalized spacial score (nSPS) is 19.1. The molecule has 1 aromatic rings. The van der Waals surface area contributed by atoms with E-state index in [-0.39, 0.29) is 0 Å². The van der Waals surface area contributed by atoms with E-state index in [2.05, 4.69) is 22.2 Å². The lowest BCUT2D eigenvalue weighted by Gasteiger charge is -2.20. The Bertz CT molecular complexity index is 552. The predicted octanol–water partition coefficient (Wildman–Crippen LogP) is 2.83. The summed E-state index contributed by atoms with van der Waals surface area (Å²) in [6.07, 6.45) is 9.01. The lowest BCUT2D eigenvalue weighted by Crippen LogP contribution is -2.17. The van der Waals surface area contributed by atoms with Crippen LogP contribution in [0, 0.1) is 5.92 Å². The summed E-state index contributed by atoms with van der Waals surface area (Å²) >= 11 is 0. The standard InChI is InChI=1S/C14H20N2O2S/c1-19(17,18)16-14-10-6-5-9-13(14)15-11-12-7-3-2-4-8-12/h2-3,5-6,9-10,12,15-16H,4,7-8,11H2,1H3. The van der Waals surface area contributed by atoms with E-state index in [1.165, 1.54) is 6.42 Å². The van der Waals surface area contributed by atoms with Crippen LogP contribution in [0.15, 0.2) is 36.4 Å². The lowest BCUT2D eigenvalue weighted by atomic mass is 9.94. The smallest absolute Gasteiger partial charge is 0.229 e. The molecule has 5 heteroatoms. The average molecular weight is 280 g/mol. The zero-order chi connectivity index (χ0) is 13.7. The molecule has 1 aliphatic carbocycles. The Balaban J connectivity index is 2.01. The topological polar surface area (TPSA) is 58.2 Å². The van der Waals surface area contributed by atoms with E-state index in [4.69, 9.17) is 0 Å². The molecular weight excluding hydrogens is 260 g/mol. The molecule has 2 rings (SSSR count). The Hall–Kier alpha value is -1.49. The van der Waals surface area contributed by atoms with Gasteiger partial charge in [0.25, 0.3) is 0 Å². The third-order valence-corrected chi connectivity index (χ3v) is 3.77. The maximum Gasteiger partial charge on any atom is 0.229 e. The molecule has 1 atom stereocenters. The van der Waals surface area contributed by atoms with Crippen LogP contribution in [-0.2, 0) is 10.0 Å². The molecule has 0 heterocycles. The van der Waals surface area contributed by atoms with E-state index in [1.54, 1.807) is 6.07 Å². The summed E-state index contributed by atoms with van der Waals surface area (Å²) in [6.45, 7) is 0.868. The molecule has 104 valence electrons. The average Bonchev–Trinajstić information content (AvgIpc) is 2.37. The number of allylic oxidation sites excluding steroid dienone is 2. The summed E-state index contributed by atoms with van der Waals surface area (Å²) in [4.78, 5) is 0. The Morgan fingerprint density at radius 3 is 2.58 bits per heavy atom. The largest absolute Gasteiger partial charge is 0.383 e. The van der Waals surface area contributed by atoms with Gasteiger partial charge in [0.1, 0.15) is 0 Å². The number of hydrogen-bond donors (Lipinski definition) is 2. The van der Waals surface area contributed by atoms with Crippen molar-refractivity contribution < 1.29 is 8.42 Å². The van der Waals surface area contributed by atoms with Gasteiger partial charge in [0.15, 0.2) is 0 Å². The molecule has 0 aromatic heterocycles. The van der Waals surface area contributed by atoms with Crippen LogP contribution >= 0.6 is 0 Å². The second-order valence-corrected chi connectivity index (χ2v) is 6.70. The molecule has 0 bridgehead atoms. The summed E-state index contributed by atoms with van der Waals surface area (Å²) in [7, 11) is -3.24. The minimum absolute atomic E-state index is 0.608. The van der Waals surface area contributed by atoms with E-state index >= 15 is 0 Å². The quantitative estimate of drug-likeness (QED) is 0.815. The molecule has 1 unspecified atom stereocenters. The summed E-state index contributed by atoms with van der Waals surface area (Å²) < 4.78 is 25.2. The second-order valence-electron chi connectivity index (χ2n) is 4.95. The molecule has 1 aliphatic rings. The van der Waals surface area contributed by atoms with Crippen LogP contribution in [0.3, 0.4) is 0 Å². The first-order valence-electron chi connectivity index (χ1n) is 6.50. The number of para-hydroxylation sites is 2. The molecule has 0 fully saturated rings. The van der Waals surface area contributed by atoms with Gasteiger partial charge >= 0.3 is 0 Å². The molecule has 19 heavy (non-hydrogen) atoms. The summed E-state index contributed by atoms with van der Waals surface area (Å²) in [6, 6.07) is 7.38. The van der Waals surface area contributed by atoms with Crippen LogP contribution in [0.5, 0.6) is 0 Å². The summed E-state index contributed by atoms with van der Waals surface area (Å²) in [5.74, 6) is 0.622. The molecule has 0 amide bonds. The molecule has 0 saturated heterocycles. The number of benzene rings is 1. The van der Waals surface area contributed by atoms with Gasteiger partial charge in [-0.3, -0.25) is 4.72 Å². The van der Waals surface area contributed by atoms with Gasteiger partial charge < -0.3 is 5.32 Å². The highest BCUT2D eigenvalue weighted by Gasteiger charge is 2.11. The van der Waals surface area contributed by atoms with Gasteiger partial charge in [0, 0.05) is 6.54 Å². The molecule has 0 aliphatic heterocycles. The SMILES string of the molecule is CS(=O)(=O)Nc1ccccc1NCC1CC=CCC1. The van der Waals surface area contributed by atoms with Crippen LogP contribution in [0.25, 0.3) is 0 Å². The number of hydrogen-bond acceptors (Lipinski definition) is 3. The summed E-state index contributed by atoms with van der Waals surface area (Å²) in [5, 5.41) is 3.34. The fraction of sp³-hybridized carbons (Fsp3) is 0.429. The van der Waals surface area contributed by atoms with E-state index in [0.29, 0.717) is 11.6 Å². The molecule has 0 spiro atoms. The zero-order valence-electron chi connectivity index (χ0n) is 11.1. The van der Waals surface area contributed by atoms with Crippen molar-refractivity contribution in [1.29, 1.82) is 0 Å². The highest BCUT2D eigenvalue weighted by Crippen LogP contribution is 2.24. The fourth-order valence-corrected chi connectivity index (χ4v) is 2.80. The molecule has 2 N–H and O–H groups in total. The van der Waals surface area contributed by atoms with Crippen molar-refractivity contribution in [3.63, 3.8) is 0 Å². The highest BCUT2D eigenvalue weighted by atomic mass is 32.2. The van der Waals surface area contributed by atoms with Gasteiger partial charge in [-0.2, -0.15) is 0 Å². The Labute approximate surface area is 115 Å². The second kappa shape index (κ2) is 6.10. The van der Waals surface area contributed by atoms with Gasteiger partial charge in [0.05, 0.1) is 17.6 Å². The Morgan fingerprint density at radius 1 is 1.21 bits per heavy atom. The third-order valence-electron chi connectivity index (χ3n) is 3.18. The van der Waals surface area contributed by atoms with Crippen LogP contribution < -0.4 is 10.0 Å². The first kappa shape index (κ1) is 13.9. The van der Waals surface area contributed by atoms with E-state index in [0.717, 1.165) is 31.3 Å². The van der Waals surface area contributed by atoms with Crippen LogP contribution in [0.1, 0.15) is 19.3 Å². The van der Waals surface area contributed by atoms with E-state index < -0.39 is 10.0 Å². The Morgan fingerprint density at radius 2 is 1.95 bits per heavy atom. The molecule has 0 saturated carbocycles. The van der Waals surface area contributed by atoms with Gasteiger partial charge in [-0.1, -0.05) is 24.3 Å². The lowest BCUT2D eigenvalue weighted by molar-refractivity contribution is 0.504. The van der Waals surface area contributed by atoms with Crippen molar-refractivity contribution in [2.24, 2.45) is 5.92 Å². The molecule has 0 radical (unpaired) electrons. The monoisotopic (exact) mass is 280 g/mol. The minimum atomic E-state index is -3.24. The fourth-order valence-electron chi connectivity index (χ4n) is 2.22. The number of sulfonamides is 1. The van der Waals surface area contributed by atoms with E-state index in [9.17, 15) is 8.42 Å². The predicted molar refractivity (Wildman–Crippen MR) is 79.9 cm³/mol. The maximum absolute atomic E-state index is 11.3. The number of nitrogens with one attached hydrogen (secondary N) is 2. The Kier molecular flexibility index (Phi) is 4.47.